The van der Waals surface area contributed by atoms with Crippen LogP contribution in [-0.4, -0.2) is 12.4 Å². The highest BCUT2D eigenvalue weighted by atomic mass is 32.2. The van der Waals surface area contributed by atoms with Crippen molar-refractivity contribution in [2.45, 2.75) is 24.7 Å². The van der Waals surface area contributed by atoms with E-state index in [4.69, 9.17) is 10.5 Å². The highest BCUT2D eigenvalue weighted by Gasteiger charge is 2.11. The molecule has 0 saturated heterocycles. The van der Waals surface area contributed by atoms with Crippen molar-refractivity contribution >= 4 is 17.4 Å². The topological polar surface area (TPSA) is 35.2 Å². The van der Waals surface area contributed by atoms with E-state index in [0.29, 0.717) is 0 Å². The standard InChI is InChI=1S/C17H19NOS/c1-12-2-4-15(18)17(10-12)20-9-7-13-3-5-16-14(11-13)6-8-19-16/h2-5,10-11H,6-9,18H2,1H3. The SMILES string of the molecule is Cc1ccc(N)c(SCCc2ccc3c(c2)CCO3)c1. The van der Waals surface area contributed by atoms with E-state index in [1.54, 1.807) is 0 Å². The second-order valence-corrected chi connectivity index (χ2v) is 6.32. The van der Waals surface area contributed by atoms with E-state index in [1.165, 1.54) is 21.6 Å². The van der Waals surface area contributed by atoms with Gasteiger partial charge in [0, 0.05) is 22.8 Å². The molecule has 0 saturated carbocycles. The zero-order chi connectivity index (χ0) is 13.9. The number of aryl methyl sites for hydroxylation is 2. The van der Waals surface area contributed by atoms with E-state index in [0.717, 1.165) is 36.6 Å². The third-order valence-electron chi connectivity index (χ3n) is 3.57. The van der Waals surface area contributed by atoms with Crippen molar-refractivity contribution in [2.75, 3.05) is 18.1 Å². The van der Waals surface area contributed by atoms with Gasteiger partial charge in [-0.1, -0.05) is 18.2 Å². The van der Waals surface area contributed by atoms with Crippen molar-refractivity contribution in [3.8, 4) is 5.75 Å². The van der Waals surface area contributed by atoms with Crippen LogP contribution in [0.5, 0.6) is 5.75 Å². The first-order valence-corrected chi connectivity index (χ1v) is 7.94. The average molecular weight is 285 g/mol. The Balaban J connectivity index is 1.61. The molecule has 2 aromatic rings. The van der Waals surface area contributed by atoms with E-state index in [1.807, 2.05) is 17.8 Å². The molecule has 2 N–H and O–H groups in total. The number of thioether (sulfide) groups is 1. The average Bonchev–Trinajstić information content (AvgIpc) is 2.90. The van der Waals surface area contributed by atoms with Crippen LogP contribution in [0.2, 0.25) is 0 Å². The second kappa shape index (κ2) is 5.80. The maximum atomic E-state index is 6.01. The Kier molecular flexibility index (Phi) is 3.88. The zero-order valence-electron chi connectivity index (χ0n) is 11.7. The first-order valence-electron chi connectivity index (χ1n) is 6.96. The number of rotatable bonds is 4. The molecule has 3 rings (SSSR count). The van der Waals surface area contributed by atoms with Crippen LogP contribution in [0.25, 0.3) is 0 Å². The van der Waals surface area contributed by atoms with Gasteiger partial charge < -0.3 is 10.5 Å². The molecule has 0 aliphatic carbocycles. The fourth-order valence-corrected chi connectivity index (χ4v) is 3.50. The van der Waals surface area contributed by atoms with Crippen LogP contribution < -0.4 is 10.5 Å². The van der Waals surface area contributed by atoms with Gasteiger partial charge in [-0.2, -0.15) is 0 Å². The van der Waals surface area contributed by atoms with Crippen molar-refractivity contribution in [1.29, 1.82) is 0 Å². The fourth-order valence-electron chi connectivity index (χ4n) is 2.44. The van der Waals surface area contributed by atoms with E-state index >= 15 is 0 Å². The summed E-state index contributed by atoms with van der Waals surface area (Å²) in [5, 5.41) is 0. The van der Waals surface area contributed by atoms with Gasteiger partial charge in [0.2, 0.25) is 0 Å². The molecule has 20 heavy (non-hydrogen) atoms. The van der Waals surface area contributed by atoms with Gasteiger partial charge in [-0.15, -0.1) is 11.8 Å². The predicted octanol–water partition coefficient (Wildman–Crippen LogP) is 3.85. The summed E-state index contributed by atoms with van der Waals surface area (Å²) in [6.45, 7) is 2.93. The Labute approximate surface area is 124 Å². The first-order chi connectivity index (χ1) is 9.72. The number of nitrogens with two attached hydrogens (primary N) is 1. The number of anilines is 1. The number of nitrogen functional groups attached to an aromatic ring is 1. The van der Waals surface area contributed by atoms with Gasteiger partial charge in [0.15, 0.2) is 0 Å². The van der Waals surface area contributed by atoms with Crippen molar-refractivity contribution < 1.29 is 4.74 Å². The summed E-state index contributed by atoms with van der Waals surface area (Å²) in [5.74, 6) is 2.11. The molecule has 0 atom stereocenters. The molecule has 0 aromatic heterocycles. The zero-order valence-corrected chi connectivity index (χ0v) is 12.5. The quantitative estimate of drug-likeness (QED) is 0.684. The van der Waals surface area contributed by atoms with Gasteiger partial charge in [0.05, 0.1) is 6.61 Å². The molecule has 104 valence electrons. The Hall–Kier alpha value is -1.61. The number of ether oxygens (including phenoxy) is 1. The minimum atomic E-state index is 0.827. The van der Waals surface area contributed by atoms with Crippen molar-refractivity contribution in [1.82, 2.24) is 0 Å². The number of benzene rings is 2. The molecule has 0 bridgehead atoms. The number of hydrogen-bond acceptors (Lipinski definition) is 3. The summed E-state index contributed by atoms with van der Waals surface area (Å²) in [7, 11) is 0. The molecule has 1 aliphatic heterocycles. The molecule has 2 aromatic carbocycles. The summed E-state index contributed by atoms with van der Waals surface area (Å²) in [4.78, 5) is 1.19. The van der Waals surface area contributed by atoms with Crippen molar-refractivity contribution in [3.63, 3.8) is 0 Å². The first kappa shape index (κ1) is 13.4. The van der Waals surface area contributed by atoms with E-state index in [9.17, 15) is 0 Å². The fraction of sp³-hybridized carbons (Fsp3) is 0.294. The van der Waals surface area contributed by atoms with Gasteiger partial charge >= 0.3 is 0 Å². The van der Waals surface area contributed by atoms with Crippen LogP contribution in [0.3, 0.4) is 0 Å². The largest absolute Gasteiger partial charge is 0.493 e. The summed E-state index contributed by atoms with van der Waals surface area (Å²) in [6, 6.07) is 12.8. The Morgan fingerprint density at radius 1 is 1.20 bits per heavy atom. The molecule has 0 radical (unpaired) electrons. The van der Waals surface area contributed by atoms with Crippen molar-refractivity contribution in [2.24, 2.45) is 0 Å². The highest BCUT2D eigenvalue weighted by molar-refractivity contribution is 7.99. The van der Waals surface area contributed by atoms with E-state index in [-0.39, 0.29) is 0 Å². The molecule has 0 spiro atoms. The maximum Gasteiger partial charge on any atom is 0.122 e. The summed E-state index contributed by atoms with van der Waals surface area (Å²) >= 11 is 1.83. The molecule has 1 aliphatic rings. The highest BCUT2D eigenvalue weighted by Crippen LogP contribution is 2.29. The van der Waals surface area contributed by atoms with E-state index < -0.39 is 0 Å². The molecular formula is C17H19NOS. The lowest BCUT2D eigenvalue weighted by Crippen LogP contribution is -1.93. The van der Waals surface area contributed by atoms with Crippen LogP contribution in [0.15, 0.2) is 41.3 Å². The Bertz CT molecular complexity index is 624. The minimum Gasteiger partial charge on any atom is -0.493 e. The second-order valence-electron chi connectivity index (χ2n) is 5.18. The van der Waals surface area contributed by atoms with Crippen molar-refractivity contribution in [3.05, 3.63) is 53.1 Å². The molecular weight excluding hydrogens is 266 g/mol. The smallest absolute Gasteiger partial charge is 0.122 e. The minimum absolute atomic E-state index is 0.827. The number of fused-ring (bicyclic) bond motifs is 1. The third-order valence-corrected chi connectivity index (χ3v) is 4.64. The maximum absolute atomic E-state index is 6.01. The van der Waals surface area contributed by atoms with Gasteiger partial charge in [0.1, 0.15) is 5.75 Å². The number of hydrogen-bond donors (Lipinski definition) is 1. The molecule has 0 fully saturated rings. The lowest BCUT2D eigenvalue weighted by molar-refractivity contribution is 0.357. The summed E-state index contributed by atoms with van der Waals surface area (Å²) in [6.07, 6.45) is 2.10. The summed E-state index contributed by atoms with van der Waals surface area (Å²) in [5.41, 5.74) is 10.9. The van der Waals surface area contributed by atoms with Gasteiger partial charge in [-0.05, 0) is 48.2 Å². The summed E-state index contributed by atoms with van der Waals surface area (Å²) < 4.78 is 5.53. The Morgan fingerprint density at radius 2 is 2.10 bits per heavy atom. The third kappa shape index (κ3) is 2.93. The van der Waals surface area contributed by atoms with Crippen LogP contribution in [0.1, 0.15) is 16.7 Å². The monoisotopic (exact) mass is 285 g/mol. The normalized spacial score (nSPS) is 13.1. The predicted molar refractivity (Wildman–Crippen MR) is 85.7 cm³/mol. The Morgan fingerprint density at radius 3 is 3.00 bits per heavy atom. The lowest BCUT2D eigenvalue weighted by Gasteiger charge is -2.07. The molecule has 3 heteroatoms. The molecule has 2 nitrogen and oxygen atoms in total. The molecule has 0 amide bonds. The van der Waals surface area contributed by atoms with Gasteiger partial charge in [-0.25, -0.2) is 0 Å². The van der Waals surface area contributed by atoms with Gasteiger partial charge in [-0.3, -0.25) is 0 Å². The van der Waals surface area contributed by atoms with Crippen LogP contribution in [0, 0.1) is 6.92 Å². The lowest BCUT2D eigenvalue weighted by atomic mass is 10.1. The molecule has 0 unspecified atom stereocenters. The van der Waals surface area contributed by atoms with Gasteiger partial charge in [0.25, 0.3) is 0 Å². The molecule has 1 heterocycles. The van der Waals surface area contributed by atoms with Crippen LogP contribution in [-0.2, 0) is 12.8 Å². The van der Waals surface area contributed by atoms with E-state index in [2.05, 4.69) is 37.3 Å². The van der Waals surface area contributed by atoms with Crippen LogP contribution in [0.4, 0.5) is 5.69 Å². The van der Waals surface area contributed by atoms with Crippen LogP contribution >= 0.6 is 11.8 Å².